The number of nitrogens with zero attached hydrogens (tertiary/aromatic N) is 2. The summed E-state index contributed by atoms with van der Waals surface area (Å²) in [7, 11) is 0. The minimum absolute atomic E-state index is 0.0190. The molecule has 6 nitrogen and oxygen atoms in total. The summed E-state index contributed by atoms with van der Waals surface area (Å²) in [5.41, 5.74) is 1.99. The molecule has 0 N–H and O–H groups in total. The van der Waals surface area contributed by atoms with Crippen molar-refractivity contribution in [3.8, 4) is 0 Å². The second kappa shape index (κ2) is 7.44. The van der Waals surface area contributed by atoms with E-state index < -0.39 is 10.5 Å². The Morgan fingerprint density at radius 2 is 1.92 bits per heavy atom. The zero-order chi connectivity index (χ0) is 18.8. The highest BCUT2D eigenvalue weighted by atomic mass is 35.5. The third kappa shape index (κ3) is 5.19. The summed E-state index contributed by atoms with van der Waals surface area (Å²) in [5.74, 6) is 0. The Hall–Kier alpha value is -2.08. The van der Waals surface area contributed by atoms with Crippen molar-refractivity contribution in [3.63, 3.8) is 0 Å². The molecule has 0 bridgehead atoms. The number of carbonyl (C=O) groups is 1. The van der Waals surface area contributed by atoms with Crippen LogP contribution in [0.4, 0.5) is 10.5 Å². The van der Waals surface area contributed by atoms with Crippen molar-refractivity contribution in [2.24, 2.45) is 0 Å². The van der Waals surface area contributed by atoms with Crippen molar-refractivity contribution in [2.45, 2.75) is 46.1 Å². The van der Waals surface area contributed by atoms with Crippen LogP contribution >= 0.6 is 11.6 Å². The van der Waals surface area contributed by atoms with Crippen LogP contribution in [0.25, 0.3) is 6.08 Å². The van der Waals surface area contributed by atoms with Crippen molar-refractivity contribution in [1.82, 2.24) is 4.90 Å². The molecular formula is C18H23ClN2O4. The molecule has 0 unspecified atom stereocenters. The number of amides is 1. The topological polar surface area (TPSA) is 72.7 Å². The van der Waals surface area contributed by atoms with Gasteiger partial charge in [0.05, 0.1) is 4.92 Å². The molecule has 0 aromatic heterocycles. The van der Waals surface area contributed by atoms with E-state index in [2.05, 4.69) is 0 Å². The first-order chi connectivity index (χ1) is 11.6. The number of halogens is 1. The SMILES string of the molecule is Cc1c(C=C2CCN(C(=O)OC(C)(C)C)CC2)cc(Cl)cc1[N+](=O)[O-]. The van der Waals surface area contributed by atoms with Crippen molar-refractivity contribution in [2.75, 3.05) is 13.1 Å². The van der Waals surface area contributed by atoms with Gasteiger partial charge in [0.15, 0.2) is 0 Å². The van der Waals surface area contributed by atoms with Gasteiger partial charge >= 0.3 is 6.09 Å². The first-order valence-electron chi connectivity index (χ1n) is 8.19. The van der Waals surface area contributed by atoms with Crippen LogP contribution in [0, 0.1) is 17.0 Å². The molecule has 1 fully saturated rings. The van der Waals surface area contributed by atoms with Gasteiger partial charge in [-0.05, 0) is 52.2 Å². The first kappa shape index (κ1) is 19.2. The van der Waals surface area contributed by atoms with Gasteiger partial charge in [0, 0.05) is 29.7 Å². The van der Waals surface area contributed by atoms with Crippen molar-refractivity contribution < 1.29 is 14.5 Å². The van der Waals surface area contributed by atoms with Crippen LogP contribution in [0.1, 0.15) is 44.7 Å². The molecule has 1 heterocycles. The predicted molar refractivity (Wildman–Crippen MR) is 97.9 cm³/mol. The normalized spacial score (nSPS) is 15.1. The summed E-state index contributed by atoms with van der Waals surface area (Å²) in [6, 6.07) is 3.10. The number of likely N-dealkylation sites (tertiary alicyclic amines) is 1. The quantitative estimate of drug-likeness (QED) is 0.547. The van der Waals surface area contributed by atoms with Crippen LogP contribution in [0.3, 0.4) is 0 Å². The monoisotopic (exact) mass is 366 g/mol. The lowest BCUT2D eigenvalue weighted by molar-refractivity contribution is -0.385. The fourth-order valence-corrected chi connectivity index (χ4v) is 2.91. The van der Waals surface area contributed by atoms with Gasteiger partial charge in [-0.25, -0.2) is 4.79 Å². The molecule has 0 radical (unpaired) electrons. The number of carbonyl (C=O) groups excluding carboxylic acids is 1. The molecule has 2 rings (SSSR count). The Labute approximate surface area is 152 Å². The minimum Gasteiger partial charge on any atom is -0.444 e. The van der Waals surface area contributed by atoms with E-state index in [4.69, 9.17) is 16.3 Å². The Morgan fingerprint density at radius 3 is 2.44 bits per heavy atom. The van der Waals surface area contributed by atoms with E-state index in [1.807, 2.05) is 26.8 Å². The van der Waals surface area contributed by atoms with Gasteiger partial charge in [-0.3, -0.25) is 10.1 Å². The largest absolute Gasteiger partial charge is 0.444 e. The average Bonchev–Trinajstić information content (AvgIpc) is 2.49. The molecule has 1 amide bonds. The van der Waals surface area contributed by atoms with Crippen LogP contribution in [-0.4, -0.2) is 34.6 Å². The van der Waals surface area contributed by atoms with Crippen LogP contribution in [-0.2, 0) is 4.74 Å². The number of nitro groups is 1. The maximum absolute atomic E-state index is 12.1. The summed E-state index contributed by atoms with van der Waals surface area (Å²) in [5, 5.41) is 11.5. The van der Waals surface area contributed by atoms with Crippen molar-refractivity contribution >= 4 is 29.5 Å². The summed E-state index contributed by atoms with van der Waals surface area (Å²) in [6.07, 6.45) is 3.06. The molecule has 0 spiro atoms. The summed E-state index contributed by atoms with van der Waals surface area (Å²) < 4.78 is 5.38. The van der Waals surface area contributed by atoms with E-state index in [1.165, 1.54) is 6.07 Å². The predicted octanol–water partition coefficient (Wildman–Crippen LogP) is 4.97. The van der Waals surface area contributed by atoms with Crippen LogP contribution in [0.5, 0.6) is 0 Å². The van der Waals surface area contributed by atoms with Crippen molar-refractivity contribution in [1.29, 1.82) is 0 Å². The van der Waals surface area contributed by atoms with E-state index in [0.29, 0.717) is 36.5 Å². The molecular weight excluding hydrogens is 344 g/mol. The Balaban J connectivity index is 2.11. The van der Waals surface area contributed by atoms with E-state index in [9.17, 15) is 14.9 Å². The second-order valence-electron chi connectivity index (χ2n) is 7.17. The molecule has 0 saturated carbocycles. The molecule has 1 aromatic carbocycles. The molecule has 0 atom stereocenters. The maximum Gasteiger partial charge on any atom is 0.410 e. The second-order valence-corrected chi connectivity index (χ2v) is 7.60. The molecule has 1 aliphatic heterocycles. The molecule has 1 aromatic rings. The number of piperidine rings is 1. The Bertz CT molecular complexity index is 713. The standard InChI is InChI=1S/C18H23ClN2O4/c1-12-14(10-15(19)11-16(12)21(23)24)9-13-5-7-20(8-6-13)17(22)25-18(2,3)4/h9-11H,5-8H2,1-4H3. The molecule has 1 saturated heterocycles. The smallest absolute Gasteiger partial charge is 0.410 e. The summed E-state index contributed by atoms with van der Waals surface area (Å²) in [6.45, 7) is 8.39. The number of nitro benzene ring substituents is 1. The fraction of sp³-hybridized carbons (Fsp3) is 0.500. The summed E-state index contributed by atoms with van der Waals surface area (Å²) >= 11 is 6.01. The number of rotatable bonds is 2. The van der Waals surface area contributed by atoms with Gasteiger partial charge in [-0.15, -0.1) is 0 Å². The Morgan fingerprint density at radius 1 is 1.32 bits per heavy atom. The van der Waals surface area contributed by atoms with E-state index in [1.54, 1.807) is 17.9 Å². The van der Waals surface area contributed by atoms with Crippen LogP contribution < -0.4 is 0 Å². The molecule has 25 heavy (non-hydrogen) atoms. The third-order valence-electron chi connectivity index (χ3n) is 4.00. The lowest BCUT2D eigenvalue weighted by Gasteiger charge is -2.31. The fourth-order valence-electron chi connectivity index (χ4n) is 2.69. The first-order valence-corrected chi connectivity index (χ1v) is 8.56. The number of benzene rings is 1. The molecule has 7 heteroatoms. The highest BCUT2D eigenvalue weighted by Crippen LogP contribution is 2.30. The number of ether oxygens (including phenoxy) is 1. The lowest BCUT2D eigenvalue weighted by atomic mass is 9.98. The van der Waals surface area contributed by atoms with Crippen molar-refractivity contribution in [3.05, 3.63) is 44.0 Å². The number of hydrogen-bond donors (Lipinski definition) is 0. The third-order valence-corrected chi connectivity index (χ3v) is 4.22. The molecule has 136 valence electrons. The van der Waals surface area contributed by atoms with Crippen LogP contribution in [0.15, 0.2) is 17.7 Å². The van der Waals surface area contributed by atoms with Gasteiger partial charge in [0.25, 0.3) is 5.69 Å². The van der Waals surface area contributed by atoms with Gasteiger partial charge in [-0.1, -0.05) is 23.3 Å². The Kier molecular flexibility index (Phi) is 5.72. The van der Waals surface area contributed by atoms with E-state index in [0.717, 1.165) is 11.1 Å². The number of hydrogen-bond acceptors (Lipinski definition) is 4. The zero-order valence-electron chi connectivity index (χ0n) is 15.0. The minimum atomic E-state index is -0.510. The van der Waals surface area contributed by atoms with Gasteiger partial charge in [0.1, 0.15) is 5.60 Å². The highest BCUT2D eigenvalue weighted by molar-refractivity contribution is 6.31. The van der Waals surface area contributed by atoms with E-state index in [-0.39, 0.29) is 11.8 Å². The van der Waals surface area contributed by atoms with Gasteiger partial charge in [-0.2, -0.15) is 0 Å². The average molecular weight is 367 g/mol. The van der Waals surface area contributed by atoms with Gasteiger partial charge in [0.2, 0.25) is 0 Å². The van der Waals surface area contributed by atoms with Crippen LogP contribution in [0.2, 0.25) is 5.02 Å². The highest BCUT2D eigenvalue weighted by Gasteiger charge is 2.25. The molecule has 0 aliphatic carbocycles. The van der Waals surface area contributed by atoms with E-state index >= 15 is 0 Å². The lowest BCUT2D eigenvalue weighted by Crippen LogP contribution is -2.40. The summed E-state index contributed by atoms with van der Waals surface area (Å²) in [4.78, 5) is 24.5. The maximum atomic E-state index is 12.1. The van der Waals surface area contributed by atoms with Gasteiger partial charge < -0.3 is 9.64 Å². The molecule has 1 aliphatic rings. The zero-order valence-corrected chi connectivity index (χ0v) is 15.7.